The van der Waals surface area contributed by atoms with E-state index in [0.29, 0.717) is 17.3 Å². The average Bonchev–Trinajstić information content (AvgIpc) is 2.99. The molecular weight excluding hydrogens is 346 g/mol. The maximum absolute atomic E-state index is 12.4. The zero-order valence-corrected chi connectivity index (χ0v) is 15.3. The van der Waals surface area contributed by atoms with E-state index in [1.165, 1.54) is 13.3 Å². The summed E-state index contributed by atoms with van der Waals surface area (Å²) in [6.07, 6.45) is 1.41. The molecule has 0 aliphatic heterocycles. The number of hydrogen-bond acceptors (Lipinski definition) is 7. The van der Waals surface area contributed by atoms with Crippen LogP contribution in [0.15, 0.2) is 47.1 Å². The van der Waals surface area contributed by atoms with Crippen molar-refractivity contribution in [3.63, 3.8) is 0 Å². The Morgan fingerprint density at radius 1 is 1.15 bits per heavy atom. The van der Waals surface area contributed by atoms with Crippen LogP contribution in [-0.2, 0) is 4.74 Å². The quantitative estimate of drug-likeness (QED) is 0.517. The number of aromatic nitrogens is 2. The lowest BCUT2D eigenvalue weighted by atomic mass is 10.1. The molecule has 3 aromatic rings. The number of rotatable bonds is 6. The fraction of sp³-hybridized carbons (Fsp3) is 0.200. The third kappa shape index (κ3) is 3.87. The summed E-state index contributed by atoms with van der Waals surface area (Å²) in [6, 6.07) is 11.3. The van der Waals surface area contributed by atoms with Crippen LogP contribution in [0, 0.1) is 6.92 Å². The molecule has 0 amide bonds. The number of hydrogen-bond donors (Lipinski definition) is 1. The molecule has 0 saturated carbocycles. The van der Waals surface area contributed by atoms with E-state index in [2.05, 4.69) is 15.3 Å². The Morgan fingerprint density at radius 3 is 2.56 bits per heavy atom. The van der Waals surface area contributed by atoms with Gasteiger partial charge in [-0.3, -0.25) is 4.79 Å². The van der Waals surface area contributed by atoms with Gasteiger partial charge in [0, 0.05) is 11.6 Å². The molecule has 0 radical (unpaired) electrons. The van der Waals surface area contributed by atoms with Crippen molar-refractivity contribution in [3.8, 4) is 11.3 Å². The Labute approximate surface area is 156 Å². The van der Waals surface area contributed by atoms with Gasteiger partial charge in [-0.05, 0) is 20.8 Å². The molecular formula is C20H19N3O4. The molecule has 1 aromatic carbocycles. The highest BCUT2D eigenvalue weighted by atomic mass is 16.5. The second kappa shape index (κ2) is 7.82. The van der Waals surface area contributed by atoms with Gasteiger partial charge in [-0.1, -0.05) is 30.3 Å². The first-order valence-corrected chi connectivity index (χ1v) is 8.47. The van der Waals surface area contributed by atoms with Crippen molar-refractivity contribution in [1.29, 1.82) is 0 Å². The van der Waals surface area contributed by atoms with Crippen molar-refractivity contribution in [1.82, 2.24) is 9.97 Å². The number of esters is 1. The van der Waals surface area contributed by atoms with Gasteiger partial charge in [0.15, 0.2) is 5.78 Å². The number of carbonyl (C=O) groups is 2. The Hall–Kier alpha value is -3.48. The lowest BCUT2D eigenvalue weighted by Crippen LogP contribution is -2.11. The molecule has 0 saturated heterocycles. The van der Waals surface area contributed by atoms with Crippen molar-refractivity contribution < 1.29 is 18.7 Å². The van der Waals surface area contributed by atoms with Gasteiger partial charge in [-0.25, -0.2) is 14.8 Å². The van der Waals surface area contributed by atoms with E-state index < -0.39 is 5.97 Å². The molecule has 27 heavy (non-hydrogen) atoms. The number of nitrogens with zero attached hydrogens (tertiary/aromatic N) is 2. The molecule has 0 atom stereocenters. The van der Waals surface area contributed by atoms with Gasteiger partial charge in [0.05, 0.1) is 17.9 Å². The number of furan rings is 1. The number of ether oxygens (including phenoxy) is 1. The second-order valence-corrected chi connectivity index (χ2v) is 5.79. The van der Waals surface area contributed by atoms with E-state index in [4.69, 9.17) is 9.15 Å². The van der Waals surface area contributed by atoms with Crippen LogP contribution in [0.3, 0.4) is 0 Å². The Balaban J connectivity index is 2.00. The van der Waals surface area contributed by atoms with Crippen LogP contribution in [-0.4, -0.2) is 28.3 Å². The monoisotopic (exact) mass is 365 g/mol. The molecule has 7 heteroatoms. The zero-order valence-electron chi connectivity index (χ0n) is 15.3. The topological polar surface area (TPSA) is 94.3 Å². The molecule has 1 N–H and O–H groups in total. The number of Topliss-reactive ketones (excluding diaryl/α,β-unsaturated/α-hetero) is 1. The number of benzene rings is 1. The summed E-state index contributed by atoms with van der Waals surface area (Å²) in [5.41, 5.74) is 1.91. The maximum Gasteiger partial charge on any atom is 0.344 e. The number of carbonyl (C=O) groups excluding carboxylic acids is 2. The standard InChI is InChI=1S/C20H19N3O4/c1-4-26-20(25)18-17(12(2)24)13(3)27-19(18)23-16-10-15(21-11-22-16)14-8-6-5-7-9-14/h5-11H,4H2,1-3H3,(H,21,22,23). The van der Waals surface area contributed by atoms with Gasteiger partial charge in [0.1, 0.15) is 23.5 Å². The first kappa shape index (κ1) is 18.3. The van der Waals surface area contributed by atoms with E-state index in [1.807, 2.05) is 30.3 Å². The first-order valence-electron chi connectivity index (χ1n) is 8.47. The molecule has 0 unspecified atom stereocenters. The summed E-state index contributed by atoms with van der Waals surface area (Å²) in [7, 11) is 0. The molecule has 138 valence electrons. The molecule has 0 fully saturated rings. The zero-order chi connectivity index (χ0) is 19.4. The van der Waals surface area contributed by atoms with Gasteiger partial charge in [-0.15, -0.1) is 0 Å². The predicted molar refractivity (Wildman–Crippen MR) is 100 cm³/mol. The fourth-order valence-corrected chi connectivity index (χ4v) is 2.76. The van der Waals surface area contributed by atoms with Gasteiger partial charge in [0.2, 0.25) is 5.88 Å². The first-order chi connectivity index (χ1) is 13.0. The van der Waals surface area contributed by atoms with Crippen molar-refractivity contribution in [2.75, 3.05) is 11.9 Å². The lowest BCUT2D eigenvalue weighted by molar-refractivity contribution is 0.0524. The minimum atomic E-state index is -0.626. The minimum absolute atomic E-state index is 0.0710. The second-order valence-electron chi connectivity index (χ2n) is 5.79. The van der Waals surface area contributed by atoms with Gasteiger partial charge >= 0.3 is 5.97 Å². The van der Waals surface area contributed by atoms with Gasteiger partial charge in [-0.2, -0.15) is 0 Å². The van der Waals surface area contributed by atoms with Crippen LogP contribution < -0.4 is 5.32 Å². The van der Waals surface area contributed by atoms with E-state index in [0.717, 1.165) is 5.56 Å². The van der Waals surface area contributed by atoms with Crippen molar-refractivity contribution >= 4 is 23.5 Å². The average molecular weight is 365 g/mol. The largest absolute Gasteiger partial charge is 0.462 e. The van der Waals surface area contributed by atoms with Gasteiger partial charge < -0.3 is 14.5 Å². The highest BCUT2D eigenvalue weighted by Crippen LogP contribution is 2.31. The summed E-state index contributed by atoms with van der Waals surface area (Å²) >= 11 is 0. The Morgan fingerprint density at radius 2 is 1.89 bits per heavy atom. The predicted octanol–water partition coefficient (Wildman–Crippen LogP) is 4.17. The summed E-state index contributed by atoms with van der Waals surface area (Å²) in [5, 5.41) is 2.97. The summed E-state index contributed by atoms with van der Waals surface area (Å²) < 4.78 is 10.7. The third-order valence-corrected chi connectivity index (χ3v) is 3.89. The van der Waals surface area contributed by atoms with Gasteiger partial charge in [0.25, 0.3) is 0 Å². The molecule has 3 rings (SSSR count). The fourth-order valence-electron chi connectivity index (χ4n) is 2.76. The molecule has 2 aromatic heterocycles. The van der Waals surface area contributed by atoms with E-state index >= 15 is 0 Å². The highest BCUT2D eigenvalue weighted by molar-refractivity contribution is 6.09. The molecule has 0 aliphatic rings. The van der Waals surface area contributed by atoms with Crippen LogP contribution in [0.25, 0.3) is 11.3 Å². The molecule has 2 heterocycles. The summed E-state index contributed by atoms with van der Waals surface area (Å²) in [4.78, 5) is 32.8. The Bertz CT molecular complexity index is 980. The van der Waals surface area contributed by atoms with Crippen molar-refractivity contribution in [2.24, 2.45) is 0 Å². The minimum Gasteiger partial charge on any atom is -0.462 e. The Kier molecular flexibility index (Phi) is 5.30. The summed E-state index contributed by atoms with van der Waals surface area (Å²) in [6.45, 7) is 4.88. The SMILES string of the molecule is CCOC(=O)c1c(Nc2cc(-c3ccccc3)ncn2)oc(C)c1C(C)=O. The molecule has 0 spiro atoms. The third-order valence-electron chi connectivity index (χ3n) is 3.89. The smallest absolute Gasteiger partial charge is 0.344 e. The van der Waals surface area contributed by atoms with E-state index in [-0.39, 0.29) is 29.4 Å². The van der Waals surface area contributed by atoms with Crippen LogP contribution in [0.2, 0.25) is 0 Å². The van der Waals surface area contributed by atoms with Crippen molar-refractivity contribution in [2.45, 2.75) is 20.8 Å². The lowest BCUT2D eigenvalue weighted by Gasteiger charge is -2.07. The maximum atomic E-state index is 12.4. The normalized spacial score (nSPS) is 10.5. The van der Waals surface area contributed by atoms with Crippen LogP contribution >= 0.6 is 0 Å². The molecule has 7 nitrogen and oxygen atoms in total. The van der Waals surface area contributed by atoms with E-state index in [9.17, 15) is 9.59 Å². The van der Waals surface area contributed by atoms with E-state index in [1.54, 1.807) is 19.9 Å². The number of ketones is 1. The molecule has 0 aliphatic carbocycles. The number of nitrogens with one attached hydrogen (secondary N) is 1. The highest BCUT2D eigenvalue weighted by Gasteiger charge is 2.28. The van der Waals surface area contributed by atoms with Crippen LogP contribution in [0.1, 0.15) is 40.3 Å². The van der Waals surface area contributed by atoms with Crippen LogP contribution in [0.5, 0.6) is 0 Å². The molecule has 0 bridgehead atoms. The van der Waals surface area contributed by atoms with Crippen LogP contribution in [0.4, 0.5) is 11.7 Å². The summed E-state index contributed by atoms with van der Waals surface area (Å²) in [5.74, 6) is -0.0167. The van der Waals surface area contributed by atoms with Crippen molar-refractivity contribution in [3.05, 3.63) is 59.6 Å². The number of aryl methyl sites for hydroxylation is 1. The number of anilines is 2.